The standard InChI is InChI=1S/C15H19N3O3/c1-9-8-12(10(2)20-9)15(19)18-7-5-4-6-13(18)14-16-11(3)17-21-14/h8,13H,4-7H2,1-3H3. The predicted molar refractivity (Wildman–Crippen MR) is 74.8 cm³/mol. The lowest BCUT2D eigenvalue weighted by Crippen LogP contribution is -2.38. The Labute approximate surface area is 123 Å². The van der Waals surface area contributed by atoms with Gasteiger partial charge in [0.05, 0.1) is 5.56 Å². The number of nitrogens with zero attached hydrogens (tertiary/aromatic N) is 3. The summed E-state index contributed by atoms with van der Waals surface area (Å²) in [6, 6.07) is 1.66. The molecular formula is C15H19N3O3. The van der Waals surface area contributed by atoms with E-state index in [0.717, 1.165) is 25.0 Å². The van der Waals surface area contributed by atoms with Crippen molar-refractivity contribution in [3.63, 3.8) is 0 Å². The van der Waals surface area contributed by atoms with Gasteiger partial charge in [-0.1, -0.05) is 5.16 Å². The third-order valence-corrected chi connectivity index (χ3v) is 3.86. The molecule has 2 aromatic rings. The van der Waals surface area contributed by atoms with Crippen molar-refractivity contribution in [2.75, 3.05) is 6.54 Å². The van der Waals surface area contributed by atoms with Crippen molar-refractivity contribution >= 4 is 5.91 Å². The van der Waals surface area contributed by atoms with E-state index < -0.39 is 0 Å². The van der Waals surface area contributed by atoms with Crippen LogP contribution in [0, 0.1) is 20.8 Å². The predicted octanol–water partition coefficient (Wildman–Crippen LogP) is 2.96. The number of furan rings is 1. The van der Waals surface area contributed by atoms with Crippen LogP contribution in [-0.2, 0) is 0 Å². The molecule has 0 bridgehead atoms. The molecule has 112 valence electrons. The number of hydrogen-bond donors (Lipinski definition) is 0. The summed E-state index contributed by atoms with van der Waals surface area (Å²) < 4.78 is 10.7. The second kappa shape index (κ2) is 5.35. The van der Waals surface area contributed by atoms with Gasteiger partial charge in [-0.3, -0.25) is 4.79 Å². The summed E-state index contributed by atoms with van der Waals surface area (Å²) in [7, 11) is 0. The number of aromatic nitrogens is 2. The molecule has 0 aliphatic carbocycles. The Hall–Kier alpha value is -2.11. The van der Waals surface area contributed by atoms with E-state index in [9.17, 15) is 4.79 Å². The topological polar surface area (TPSA) is 72.4 Å². The first-order chi connectivity index (χ1) is 10.1. The number of hydrogen-bond acceptors (Lipinski definition) is 5. The molecule has 1 atom stereocenters. The highest BCUT2D eigenvalue weighted by molar-refractivity contribution is 5.95. The van der Waals surface area contributed by atoms with E-state index in [1.807, 2.05) is 18.7 Å². The average Bonchev–Trinajstić information content (AvgIpc) is 3.04. The molecule has 1 amide bonds. The van der Waals surface area contributed by atoms with Crippen molar-refractivity contribution < 1.29 is 13.7 Å². The second-order valence-corrected chi connectivity index (χ2v) is 5.52. The number of piperidine rings is 1. The Morgan fingerprint density at radius 3 is 2.76 bits per heavy atom. The van der Waals surface area contributed by atoms with Crippen molar-refractivity contribution in [1.29, 1.82) is 0 Å². The van der Waals surface area contributed by atoms with Gasteiger partial charge < -0.3 is 13.8 Å². The minimum Gasteiger partial charge on any atom is -0.466 e. The lowest BCUT2D eigenvalue weighted by molar-refractivity contribution is 0.0559. The van der Waals surface area contributed by atoms with Gasteiger partial charge in [0.25, 0.3) is 5.91 Å². The Bertz CT molecular complexity index is 659. The van der Waals surface area contributed by atoms with E-state index in [1.54, 1.807) is 13.0 Å². The maximum Gasteiger partial charge on any atom is 0.258 e. The van der Waals surface area contributed by atoms with Crippen LogP contribution in [0.4, 0.5) is 0 Å². The first-order valence-electron chi connectivity index (χ1n) is 7.24. The van der Waals surface area contributed by atoms with E-state index in [-0.39, 0.29) is 11.9 Å². The second-order valence-electron chi connectivity index (χ2n) is 5.52. The number of amides is 1. The highest BCUT2D eigenvalue weighted by Gasteiger charge is 2.33. The Kier molecular flexibility index (Phi) is 3.53. The molecule has 3 rings (SSSR count). The van der Waals surface area contributed by atoms with Crippen LogP contribution in [0.2, 0.25) is 0 Å². The third-order valence-electron chi connectivity index (χ3n) is 3.86. The summed E-state index contributed by atoms with van der Waals surface area (Å²) in [6.45, 7) is 6.15. The molecule has 0 radical (unpaired) electrons. The summed E-state index contributed by atoms with van der Waals surface area (Å²) in [6.07, 6.45) is 2.90. The SMILES string of the molecule is Cc1noc(C2CCCCN2C(=O)c2cc(C)oc2C)n1. The van der Waals surface area contributed by atoms with Crippen molar-refractivity contribution in [2.24, 2.45) is 0 Å². The van der Waals surface area contributed by atoms with E-state index in [4.69, 9.17) is 8.94 Å². The van der Waals surface area contributed by atoms with Gasteiger partial charge in [-0.15, -0.1) is 0 Å². The van der Waals surface area contributed by atoms with Gasteiger partial charge in [-0.05, 0) is 46.1 Å². The molecule has 6 nitrogen and oxygen atoms in total. The average molecular weight is 289 g/mol. The van der Waals surface area contributed by atoms with Crippen LogP contribution in [0.15, 0.2) is 15.0 Å². The monoisotopic (exact) mass is 289 g/mol. The molecule has 2 aromatic heterocycles. The zero-order chi connectivity index (χ0) is 15.0. The van der Waals surface area contributed by atoms with E-state index in [0.29, 0.717) is 29.6 Å². The normalized spacial score (nSPS) is 19.0. The van der Waals surface area contributed by atoms with Gasteiger partial charge in [0.1, 0.15) is 17.6 Å². The van der Waals surface area contributed by atoms with Gasteiger partial charge in [-0.2, -0.15) is 4.98 Å². The van der Waals surface area contributed by atoms with Crippen LogP contribution in [0.1, 0.15) is 58.9 Å². The summed E-state index contributed by atoms with van der Waals surface area (Å²) >= 11 is 0. The molecule has 0 aromatic carbocycles. The highest BCUT2D eigenvalue weighted by Crippen LogP contribution is 2.32. The fourth-order valence-corrected chi connectivity index (χ4v) is 2.88. The van der Waals surface area contributed by atoms with Crippen molar-refractivity contribution in [3.8, 4) is 0 Å². The zero-order valence-corrected chi connectivity index (χ0v) is 12.5. The zero-order valence-electron chi connectivity index (χ0n) is 12.5. The lowest BCUT2D eigenvalue weighted by Gasteiger charge is -2.33. The molecule has 1 aliphatic heterocycles. The van der Waals surface area contributed by atoms with E-state index in [1.165, 1.54) is 0 Å². The number of likely N-dealkylation sites (tertiary alicyclic amines) is 1. The quantitative estimate of drug-likeness (QED) is 0.850. The molecule has 0 spiro atoms. The Morgan fingerprint density at radius 2 is 2.14 bits per heavy atom. The van der Waals surface area contributed by atoms with Gasteiger partial charge in [0.15, 0.2) is 5.82 Å². The summed E-state index contributed by atoms with van der Waals surface area (Å²) in [5, 5.41) is 3.84. The molecule has 6 heteroatoms. The van der Waals surface area contributed by atoms with E-state index in [2.05, 4.69) is 10.1 Å². The third kappa shape index (κ3) is 2.57. The number of rotatable bonds is 2. The van der Waals surface area contributed by atoms with Gasteiger partial charge >= 0.3 is 0 Å². The minimum absolute atomic E-state index is 0.0232. The highest BCUT2D eigenvalue weighted by atomic mass is 16.5. The van der Waals surface area contributed by atoms with E-state index >= 15 is 0 Å². The number of carbonyl (C=O) groups is 1. The molecular weight excluding hydrogens is 270 g/mol. The molecule has 3 heterocycles. The Morgan fingerprint density at radius 1 is 1.33 bits per heavy atom. The molecule has 21 heavy (non-hydrogen) atoms. The van der Waals surface area contributed by atoms with Crippen molar-refractivity contribution in [1.82, 2.24) is 15.0 Å². The van der Waals surface area contributed by atoms with Crippen LogP contribution >= 0.6 is 0 Å². The molecule has 1 unspecified atom stereocenters. The minimum atomic E-state index is -0.137. The van der Waals surface area contributed by atoms with Crippen LogP contribution in [0.5, 0.6) is 0 Å². The van der Waals surface area contributed by atoms with Crippen LogP contribution in [0.25, 0.3) is 0 Å². The summed E-state index contributed by atoms with van der Waals surface area (Å²) in [5.74, 6) is 2.50. The Balaban J connectivity index is 1.90. The fourth-order valence-electron chi connectivity index (χ4n) is 2.88. The number of carbonyl (C=O) groups excluding carboxylic acids is 1. The molecule has 0 N–H and O–H groups in total. The van der Waals surface area contributed by atoms with Gasteiger partial charge in [0.2, 0.25) is 5.89 Å². The first-order valence-corrected chi connectivity index (χ1v) is 7.24. The maximum absolute atomic E-state index is 12.8. The number of aryl methyl sites for hydroxylation is 3. The van der Waals surface area contributed by atoms with Crippen LogP contribution in [0.3, 0.4) is 0 Å². The lowest BCUT2D eigenvalue weighted by atomic mass is 10.0. The maximum atomic E-state index is 12.8. The molecule has 1 aliphatic rings. The smallest absolute Gasteiger partial charge is 0.258 e. The summed E-state index contributed by atoms with van der Waals surface area (Å²) in [4.78, 5) is 18.9. The first kappa shape index (κ1) is 13.9. The van der Waals surface area contributed by atoms with Crippen LogP contribution < -0.4 is 0 Å². The molecule has 1 fully saturated rings. The van der Waals surface area contributed by atoms with Gasteiger partial charge in [0, 0.05) is 6.54 Å². The van der Waals surface area contributed by atoms with Crippen molar-refractivity contribution in [3.05, 3.63) is 34.9 Å². The molecule has 0 saturated carbocycles. The fraction of sp³-hybridized carbons (Fsp3) is 0.533. The largest absolute Gasteiger partial charge is 0.466 e. The van der Waals surface area contributed by atoms with Gasteiger partial charge in [-0.25, -0.2) is 0 Å². The van der Waals surface area contributed by atoms with Crippen molar-refractivity contribution in [2.45, 2.75) is 46.1 Å². The van der Waals surface area contributed by atoms with Crippen LogP contribution in [-0.4, -0.2) is 27.5 Å². The molecule has 1 saturated heterocycles. The summed E-state index contributed by atoms with van der Waals surface area (Å²) in [5.41, 5.74) is 0.621.